The summed E-state index contributed by atoms with van der Waals surface area (Å²) in [5, 5.41) is 5.21. The lowest BCUT2D eigenvalue weighted by Crippen LogP contribution is -2.51. The summed E-state index contributed by atoms with van der Waals surface area (Å²) in [6.45, 7) is 7.01. The molecule has 0 bridgehead atoms. The third-order valence-electron chi connectivity index (χ3n) is 9.27. The van der Waals surface area contributed by atoms with Crippen molar-refractivity contribution in [1.29, 1.82) is 0 Å². The van der Waals surface area contributed by atoms with Crippen LogP contribution in [0.5, 0.6) is 0 Å². The van der Waals surface area contributed by atoms with Crippen molar-refractivity contribution in [2.45, 2.75) is 52.6 Å². The maximum absolute atomic E-state index is 14.0. The van der Waals surface area contributed by atoms with Gasteiger partial charge < -0.3 is 9.47 Å². The van der Waals surface area contributed by atoms with Gasteiger partial charge in [-0.3, -0.25) is 29.0 Å². The van der Waals surface area contributed by atoms with Crippen molar-refractivity contribution in [3.05, 3.63) is 69.2 Å². The number of esters is 2. The van der Waals surface area contributed by atoms with Crippen molar-refractivity contribution >= 4 is 94.6 Å². The molecule has 5 aromatic carbocycles. The zero-order valence-corrected chi connectivity index (χ0v) is 27.6. The molecule has 0 radical (unpaired) electrons. The Labute approximate surface area is 277 Å². The van der Waals surface area contributed by atoms with E-state index in [2.05, 4.69) is 15.9 Å². The molecule has 0 saturated carbocycles. The fraction of sp³-hybridized carbons (Fsp3) is 0.278. The molecule has 0 aliphatic carbocycles. The zero-order chi connectivity index (χ0) is 33.5. The van der Waals surface area contributed by atoms with Crippen LogP contribution in [0, 0.1) is 0 Å². The molecule has 2 unspecified atom stereocenters. The van der Waals surface area contributed by atoms with E-state index in [0.29, 0.717) is 42.5 Å². The van der Waals surface area contributed by atoms with Crippen LogP contribution in [0.15, 0.2) is 46.9 Å². The van der Waals surface area contributed by atoms with E-state index in [1.807, 2.05) is 0 Å². The number of benzene rings is 5. The third-order valence-corrected chi connectivity index (χ3v) is 9.89. The smallest absolute Gasteiger partial charge is 0.329 e. The molecule has 2 aliphatic rings. The Bertz CT molecular complexity index is 2240. The first-order chi connectivity index (χ1) is 22.6. The molecule has 0 spiro atoms. The van der Waals surface area contributed by atoms with E-state index in [4.69, 9.17) is 9.47 Å². The molecule has 5 aromatic rings. The standard InChI is InChI=1S/C36H29BrN2O8/c1-5-24(35(44)46-7-3)38-31(40)19-12-9-16-17-10-13-21-28-22(34(43)39(33(21)42)25(6-2)36(45)47-8-4)15-23(37)29(30(17)28)18-11-14-20(32(38)41)27(19)26(16)18/h9-15,24-25H,5-8H2,1-4H3. The predicted octanol–water partition coefficient (Wildman–Crippen LogP) is 6.38. The van der Waals surface area contributed by atoms with Gasteiger partial charge in [-0.2, -0.15) is 0 Å². The highest BCUT2D eigenvalue weighted by molar-refractivity contribution is 9.10. The third kappa shape index (κ3) is 4.08. The van der Waals surface area contributed by atoms with Gasteiger partial charge in [0.1, 0.15) is 12.1 Å². The van der Waals surface area contributed by atoms with Gasteiger partial charge in [-0.25, -0.2) is 9.59 Å². The molecule has 47 heavy (non-hydrogen) atoms. The molecule has 11 heteroatoms. The number of carbonyl (C=O) groups excluding carboxylic acids is 6. The lowest BCUT2D eigenvalue weighted by molar-refractivity contribution is -0.148. The molecule has 0 saturated heterocycles. The van der Waals surface area contributed by atoms with Gasteiger partial charge in [0.25, 0.3) is 23.6 Å². The summed E-state index contributed by atoms with van der Waals surface area (Å²) >= 11 is 3.69. The number of imide groups is 2. The summed E-state index contributed by atoms with van der Waals surface area (Å²) < 4.78 is 11.0. The number of amides is 4. The molecule has 7 rings (SSSR count). The van der Waals surface area contributed by atoms with Gasteiger partial charge in [-0.1, -0.05) is 48.0 Å². The number of hydrogen-bond donors (Lipinski definition) is 0. The quantitative estimate of drug-likeness (QED) is 0.0792. The van der Waals surface area contributed by atoms with E-state index >= 15 is 0 Å². The van der Waals surface area contributed by atoms with E-state index in [9.17, 15) is 28.8 Å². The van der Waals surface area contributed by atoms with Crippen molar-refractivity contribution < 1.29 is 38.2 Å². The SMILES string of the molecule is CCOC(=O)C(CC)N1C(=O)c2ccc3c4ccc5c6c(cc(Br)c(c7ccc(c2c37)C1=O)c64)C(=O)N(C(CC)C(=O)OCC)C5=O. The van der Waals surface area contributed by atoms with Crippen LogP contribution in [0.4, 0.5) is 0 Å². The summed E-state index contributed by atoms with van der Waals surface area (Å²) in [5.74, 6) is -3.62. The minimum Gasteiger partial charge on any atom is -0.464 e. The number of rotatable bonds is 8. The molecule has 0 fully saturated rings. The van der Waals surface area contributed by atoms with Crippen LogP contribution in [0.25, 0.3) is 43.1 Å². The molecular formula is C36H29BrN2O8. The van der Waals surface area contributed by atoms with E-state index in [1.54, 1.807) is 70.2 Å². The van der Waals surface area contributed by atoms with Crippen LogP contribution >= 0.6 is 15.9 Å². The molecule has 0 N–H and O–H groups in total. The number of nitrogens with zero attached hydrogens (tertiary/aromatic N) is 2. The van der Waals surface area contributed by atoms with Crippen LogP contribution in [-0.4, -0.2) is 70.7 Å². The molecular weight excluding hydrogens is 668 g/mol. The van der Waals surface area contributed by atoms with Crippen molar-refractivity contribution in [2.75, 3.05) is 13.2 Å². The van der Waals surface area contributed by atoms with Gasteiger partial charge in [-0.05, 0) is 72.5 Å². The van der Waals surface area contributed by atoms with Gasteiger partial charge in [0, 0.05) is 48.3 Å². The Morgan fingerprint density at radius 1 is 0.574 bits per heavy atom. The monoisotopic (exact) mass is 696 g/mol. The second kappa shape index (κ2) is 11.1. The van der Waals surface area contributed by atoms with Crippen molar-refractivity contribution in [1.82, 2.24) is 9.80 Å². The van der Waals surface area contributed by atoms with Gasteiger partial charge >= 0.3 is 11.9 Å². The van der Waals surface area contributed by atoms with E-state index in [0.717, 1.165) is 26.0 Å². The zero-order valence-electron chi connectivity index (χ0n) is 26.1. The fourth-order valence-corrected chi connectivity index (χ4v) is 7.95. The maximum atomic E-state index is 14.0. The second-order valence-electron chi connectivity index (χ2n) is 11.6. The lowest BCUT2D eigenvalue weighted by atomic mass is 9.82. The minimum atomic E-state index is -1.08. The molecule has 238 valence electrons. The largest absolute Gasteiger partial charge is 0.464 e. The number of ether oxygens (including phenoxy) is 2. The average Bonchev–Trinajstić information content (AvgIpc) is 3.06. The highest BCUT2D eigenvalue weighted by atomic mass is 79.9. The Morgan fingerprint density at radius 2 is 0.979 bits per heavy atom. The maximum Gasteiger partial charge on any atom is 0.329 e. The summed E-state index contributed by atoms with van der Waals surface area (Å²) in [6.07, 6.45) is 0.394. The number of halogens is 1. The minimum absolute atomic E-state index is 0.115. The Kier molecular flexibility index (Phi) is 7.27. The molecule has 2 heterocycles. The first-order valence-corrected chi connectivity index (χ1v) is 16.4. The Hall–Kier alpha value is -4.90. The van der Waals surface area contributed by atoms with Crippen LogP contribution in [0.1, 0.15) is 82.0 Å². The molecule has 2 aliphatic heterocycles. The van der Waals surface area contributed by atoms with E-state index in [-0.39, 0.29) is 37.2 Å². The number of hydrogen-bond acceptors (Lipinski definition) is 8. The fourth-order valence-electron chi connectivity index (χ4n) is 7.31. The lowest BCUT2D eigenvalue weighted by Gasteiger charge is -2.34. The van der Waals surface area contributed by atoms with E-state index in [1.165, 1.54) is 0 Å². The molecule has 10 nitrogen and oxygen atoms in total. The molecule has 0 aromatic heterocycles. The summed E-state index contributed by atoms with van der Waals surface area (Å²) in [7, 11) is 0. The molecule has 2 atom stereocenters. The van der Waals surface area contributed by atoms with Gasteiger partial charge in [0.2, 0.25) is 0 Å². The highest BCUT2D eigenvalue weighted by Gasteiger charge is 2.43. The van der Waals surface area contributed by atoms with Gasteiger partial charge in [0.15, 0.2) is 0 Å². The number of fused-ring (bicyclic) bond motifs is 2. The Balaban J connectivity index is 1.49. The average molecular weight is 698 g/mol. The summed E-state index contributed by atoms with van der Waals surface area (Å²) in [4.78, 5) is 83.4. The Morgan fingerprint density at radius 3 is 1.43 bits per heavy atom. The molecule has 4 amide bonds. The highest BCUT2D eigenvalue weighted by Crippen LogP contribution is 2.48. The second-order valence-corrected chi connectivity index (χ2v) is 12.4. The van der Waals surface area contributed by atoms with Crippen molar-refractivity contribution in [3.8, 4) is 0 Å². The topological polar surface area (TPSA) is 127 Å². The predicted molar refractivity (Wildman–Crippen MR) is 178 cm³/mol. The van der Waals surface area contributed by atoms with Crippen LogP contribution in [-0.2, 0) is 19.1 Å². The van der Waals surface area contributed by atoms with E-state index < -0.39 is 47.7 Å². The summed E-state index contributed by atoms with van der Waals surface area (Å²) in [6, 6.07) is 9.88. The van der Waals surface area contributed by atoms with Gasteiger partial charge in [0.05, 0.1) is 13.2 Å². The van der Waals surface area contributed by atoms with Crippen LogP contribution in [0.2, 0.25) is 0 Å². The first kappa shape index (κ1) is 30.7. The summed E-state index contributed by atoms with van der Waals surface area (Å²) in [5.41, 5.74) is 1.14. The van der Waals surface area contributed by atoms with Crippen LogP contribution in [0.3, 0.4) is 0 Å². The van der Waals surface area contributed by atoms with Crippen molar-refractivity contribution in [3.63, 3.8) is 0 Å². The van der Waals surface area contributed by atoms with Crippen LogP contribution < -0.4 is 0 Å². The first-order valence-electron chi connectivity index (χ1n) is 15.6. The normalized spacial score (nSPS) is 15.8. The number of carbonyl (C=O) groups is 6. The van der Waals surface area contributed by atoms with Crippen molar-refractivity contribution in [2.24, 2.45) is 0 Å². The van der Waals surface area contributed by atoms with Gasteiger partial charge in [-0.15, -0.1) is 0 Å².